The molecular formula is C15H10ClNO2S2. The number of hydrogen-bond acceptors (Lipinski definition) is 4. The molecule has 1 aromatic carbocycles. The van der Waals surface area contributed by atoms with E-state index in [4.69, 9.17) is 11.6 Å². The van der Waals surface area contributed by atoms with E-state index in [9.17, 15) is 9.59 Å². The van der Waals surface area contributed by atoms with Crippen molar-refractivity contribution in [2.75, 3.05) is 4.90 Å². The zero-order chi connectivity index (χ0) is 15.0. The highest BCUT2D eigenvalue weighted by Gasteiger charge is 2.36. The standard InChI is InChI=1S/C15H10ClNO2S2/c1-9-2-7-12(20-9)8-13-14(18)17(15(19)21-13)11-5-3-10(16)4-6-11/h2-8H,1H3/b13-8-. The lowest BCUT2D eigenvalue weighted by atomic mass is 10.3. The fourth-order valence-corrected chi connectivity index (χ4v) is 3.79. The molecule has 3 rings (SSSR count). The fourth-order valence-electron chi connectivity index (χ4n) is 1.94. The monoisotopic (exact) mass is 335 g/mol. The summed E-state index contributed by atoms with van der Waals surface area (Å²) in [6.07, 6.45) is 1.76. The maximum atomic E-state index is 12.4. The van der Waals surface area contributed by atoms with Crippen molar-refractivity contribution in [3.05, 3.63) is 56.1 Å². The summed E-state index contributed by atoms with van der Waals surface area (Å²) in [5.74, 6) is -0.293. The number of amides is 2. The second-order valence-corrected chi connectivity index (χ2v) is 7.19. The van der Waals surface area contributed by atoms with Crippen LogP contribution in [0.15, 0.2) is 41.3 Å². The zero-order valence-electron chi connectivity index (χ0n) is 11.0. The van der Waals surface area contributed by atoms with Crippen LogP contribution in [0.3, 0.4) is 0 Å². The van der Waals surface area contributed by atoms with Crippen molar-refractivity contribution in [3.8, 4) is 0 Å². The van der Waals surface area contributed by atoms with E-state index < -0.39 is 0 Å². The molecule has 106 valence electrons. The molecule has 2 amide bonds. The van der Waals surface area contributed by atoms with Gasteiger partial charge in [0, 0.05) is 14.8 Å². The van der Waals surface area contributed by atoms with Crippen molar-refractivity contribution in [1.29, 1.82) is 0 Å². The molecule has 0 spiro atoms. The molecule has 21 heavy (non-hydrogen) atoms. The Labute approximate surface area is 135 Å². The van der Waals surface area contributed by atoms with Crippen LogP contribution >= 0.6 is 34.7 Å². The summed E-state index contributed by atoms with van der Waals surface area (Å²) >= 11 is 8.37. The van der Waals surface area contributed by atoms with Gasteiger partial charge in [0.15, 0.2) is 0 Å². The zero-order valence-corrected chi connectivity index (χ0v) is 13.4. The number of thioether (sulfide) groups is 1. The molecule has 2 aromatic rings. The number of imide groups is 1. The first-order valence-electron chi connectivity index (χ1n) is 6.14. The Kier molecular flexibility index (Phi) is 3.89. The van der Waals surface area contributed by atoms with Crippen molar-refractivity contribution in [2.45, 2.75) is 6.92 Å². The number of halogens is 1. The number of hydrogen-bond donors (Lipinski definition) is 0. The normalized spacial score (nSPS) is 17.0. The Morgan fingerprint density at radius 1 is 1.10 bits per heavy atom. The number of anilines is 1. The van der Waals surface area contributed by atoms with Gasteiger partial charge in [-0.1, -0.05) is 11.6 Å². The molecule has 1 aliphatic rings. The van der Waals surface area contributed by atoms with Gasteiger partial charge in [-0.3, -0.25) is 9.59 Å². The number of nitrogens with zero attached hydrogens (tertiary/aromatic N) is 1. The SMILES string of the molecule is Cc1ccc(/C=C2\SC(=O)N(c3ccc(Cl)cc3)C2=O)s1. The van der Waals surface area contributed by atoms with Gasteiger partial charge in [0.2, 0.25) is 0 Å². The van der Waals surface area contributed by atoms with Crippen molar-refractivity contribution in [2.24, 2.45) is 0 Å². The third kappa shape index (κ3) is 2.90. The summed E-state index contributed by atoms with van der Waals surface area (Å²) in [7, 11) is 0. The Morgan fingerprint density at radius 3 is 2.43 bits per heavy atom. The molecule has 2 heterocycles. The van der Waals surface area contributed by atoms with Crippen LogP contribution in [0.5, 0.6) is 0 Å². The molecule has 1 fully saturated rings. The third-order valence-electron chi connectivity index (χ3n) is 2.91. The molecule has 0 bridgehead atoms. The van der Waals surface area contributed by atoms with Crippen LogP contribution in [0.25, 0.3) is 6.08 Å². The van der Waals surface area contributed by atoms with E-state index in [2.05, 4.69) is 0 Å². The van der Waals surface area contributed by atoms with Crippen molar-refractivity contribution >= 4 is 57.6 Å². The predicted octanol–water partition coefficient (Wildman–Crippen LogP) is 4.95. The smallest absolute Gasteiger partial charge is 0.268 e. The molecule has 1 aliphatic heterocycles. The average Bonchev–Trinajstić information content (AvgIpc) is 2.96. The topological polar surface area (TPSA) is 37.4 Å². The second-order valence-electron chi connectivity index (χ2n) is 4.44. The second kappa shape index (κ2) is 5.67. The maximum absolute atomic E-state index is 12.4. The number of carbonyl (C=O) groups excluding carboxylic acids is 2. The summed E-state index contributed by atoms with van der Waals surface area (Å²) in [5, 5.41) is 0.275. The maximum Gasteiger partial charge on any atom is 0.298 e. The average molecular weight is 336 g/mol. The third-order valence-corrected chi connectivity index (χ3v) is 4.98. The predicted molar refractivity (Wildman–Crippen MR) is 89.0 cm³/mol. The van der Waals surface area contributed by atoms with Crippen LogP contribution in [0.4, 0.5) is 10.5 Å². The summed E-state index contributed by atoms with van der Waals surface area (Å²) in [6, 6.07) is 10.6. The van der Waals surface area contributed by atoms with Gasteiger partial charge in [0.1, 0.15) is 0 Å². The first-order valence-corrected chi connectivity index (χ1v) is 8.15. The molecule has 0 saturated carbocycles. The summed E-state index contributed by atoms with van der Waals surface area (Å²) < 4.78 is 0. The molecule has 6 heteroatoms. The van der Waals surface area contributed by atoms with Gasteiger partial charge >= 0.3 is 0 Å². The highest BCUT2D eigenvalue weighted by atomic mass is 35.5. The minimum absolute atomic E-state index is 0.290. The van der Waals surface area contributed by atoms with Gasteiger partial charge in [-0.15, -0.1) is 11.3 Å². The molecular weight excluding hydrogens is 326 g/mol. The van der Waals surface area contributed by atoms with Crippen LogP contribution in [0.2, 0.25) is 5.02 Å². The van der Waals surface area contributed by atoms with E-state index in [-0.39, 0.29) is 11.1 Å². The molecule has 0 atom stereocenters. The van der Waals surface area contributed by atoms with Gasteiger partial charge in [-0.2, -0.15) is 0 Å². The minimum atomic E-state index is -0.293. The summed E-state index contributed by atoms with van der Waals surface area (Å²) in [5.41, 5.74) is 0.535. The molecule has 3 nitrogen and oxygen atoms in total. The van der Waals surface area contributed by atoms with E-state index in [0.29, 0.717) is 15.6 Å². The molecule has 1 saturated heterocycles. The van der Waals surface area contributed by atoms with Crippen LogP contribution in [0, 0.1) is 6.92 Å². The number of rotatable bonds is 2. The largest absolute Gasteiger partial charge is 0.298 e. The first kappa shape index (κ1) is 14.4. The Morgan fingerprint density at radius 2 is 1.81 bits per heavy atom. The fraction of sp³-hybridized carbons (Fsp3) is 0.0667. The molecule has 0 N–H and O–H groups in total. The lowest BCUT2D eigenvalue weighted by Crippen LogP contribution is -2.27. The highest BCUT2D eigenvalue weighted by Crippen LogP contribution is 2.36. The Hall–Kier alpha value is -1.56. The lowest BCUT2D eigenvalue weighted by Gasteiger charge is -2.11. The van der Waals surface area contributed by atoms with Gasteiger partial charge in [0.25, 0.3) is 11.1 Å². The van der Waals surface area contributed by atoms with Gasteiger partial charge in [-0.05, 0) is 61.2 Å². The Bertz CT molecular complexity index is 749. The first-order chi connectivity index (χ1) is 10.0. The van der Waals surface area contributed by atoms with E-state index >= 15 is 0 Å². The van der Waals surface area contributed by atoms with E-state index in [0.717, 1.165) is 21.5 Å². The minimum Gasteiger partial charge on any atom is -0.268 e. The van der Waals surface area contributed by atoms with Crippen LogP contribution in [-0.2, 0) is 4.79 Å². The number of carbonyl (C=O) groups is 2. The molecule has 0 aliphatic carbocycles. The number of aryl methyl sites for hydroxylation is 1. The van der Waals surface area contributed by atoms with Crippen LogP contribution in [0.1, 0.15) is 9.75 Å². The van der Waals surface area contributed by atoms with Gasteiger partial charge in [0.05, 0.1) is 10.6 Å². The van der Waals surface area contributed by atoms with E-state index in [1.807, 2.05) is 19.1 Å². The molecule has 1 aromatic heterocycles. The van der Waals surface area contributed by atoms with E-state index in [1.165, 1.54) is 4.90 Å². The van der Waals surface area contributed by atoms with Crippen molar-refractivity contribution in [3.63, 3.8) is 0 Å². The lowest BCUT2D eigenvalue weighted by molar-refractivity contribution is -0.113. The van der Waals surface area contributed by atoms with Gasteiger partial charge < -0.3 is 0 Å². The van der Waals surface area contributed by atoms with Crippen LogP contribution < -0.4 is 4.90 Å². The van der Waals surface area contributed by atoms with Gasteiger partial charge in [-0.25, -0.2) is 4.90 Å². The molecule has 0 radical (unpaired) electrons. The summed E-state index contributed by atoms with van der Waals surface area (Å²) in [4.78, 5) is 28.2. The molecule has 0 unspecified atom stereocenters. The number of benzene rings is 1. The number of thiophene rings is 1. The summed E-state index contributed by atoms with van der Waals surface area (Å²) in [6.45, 7) is 2.00. The van der Waals surface area contributed by atoms with Crippen molar-refractivity contribution < 1.29 is 9.59 Å². The van der Waals surface area contributed by atoms with E-state index in [1.54, 1.807) is 41.7 Å². The highest BCUT2D eigenvalue weighted by molar-refractivity contribution is 8.19. The Balaban J connectivity index is 1.92. The van der Waals surface area contributed by atoms with Crippen LogP contribution in [-0.4, -0.2) is 11.1 Å². The van der Waals surface area contributed by atoms with Crippen molar-refractivity contribution in [1.82, 2.24) is 0 Å². The quantitative estimate of drug-likeness (QED) is 0.728.